The van der Waals surface area contributed by atoms with E-state index in [0.717, 1.165) is 27.8 Å². The first-order valence-electron chi connectivity index (χ1n) is 13.2. The second-order valence-corrected chi connectivity index (χ2v) is 10.4. The molecule has 0 spiro atoms. The molecule has 0 atom stereocenters. The lowest BCUT2D eigenvalue weighted by atomic mass is 9.90. The SMILES string of the molecule is O=C(c1ccccc1)c1c(-c2ccccc2)oc(-c2ccccc2)c1C=C(c1ccc(Cl)cc1)c1ccc(Cl)cc1. The van der Waals surface area contributed by atoms with Crippen molar-refractivity contribution >= 4 is 40.6 Å². The molecule has 0 saturated carbocycles. The van der Waals surface area contributed by atoms with E-state index in [2.05, 4.69) is 0 Å². The number of hydrogen-bond acceptors (Lipinski definition) is 2. The van der Waals surface area contributed by atoms with Gasteiger partial charge < -0.3 is 4.42 Å². The van der Waals surface area contributed by atoms with Gasteiger partial charge in [-0.05, 0) is 47.0 Å². The van der Waals surface area contributed by atoms with Gasteiger partial charge in [0.05, 0.1) is 5.56 Å². The molecule has 0 saturated heterocycles. The zero-order valence-corrected chi connectivity index (χ0v) is 23.4. The molecule has 0 aliphatic carbocycles. The number of carbonyl (C=O) groups excluding carboxylic acids is 1. The van der Waals surface area contributed by atoms with Crippen molar-refractivity contribution in [3.63, 3.8) is 0 Å². The highest BCUT2D eigenvalue weighted by Crippen LogP contribution is 2.41. The second-order valence-electron chi connectivity index (χ2n) is 9.55. The topological polar surface area (TPSA) is 30.2 Å². The van der Waals surface area contributed by atoms with Crippen LogP contribution in [0.15, 0.2) is 144 Å². The summed E-state index contributed by atoms with van der Waals surface area (Å²) < 4.78 is 6.66. The van der Waals surface area contributed by atoms with Crippen molar-refractivity contribution in [2.45, 2.75) is 0 Å². The molecule has 4 heteroatoms. The Morgan fingerprint density at radius 3 is 1.44 bits per heavy atom. The van der Waals surface area contributed by atoms with E-state index in [4.69, 9.17) is 27.6 Å². The van der Waals surface area contributed by atoms with Crippen LogP contribution in [0.1, 0.15) is 32.6 Å². The Labute approximate surface area is 249 Å². The van der Waals surface area contributed by atoms with Crippen LogP contribution < -0.4 is 0 Å². The Kier molecular flexibility index (Phi) is 7.69. The van der Waals surface area contributed by atoms with Gasteiger partial charge in [0.25, 0.3) is 0 Å². The maximum absolute atomic E-state index is 14.3. The van der Waals surface area contributed by atoms with Gasteiger partial charge in [0, 0.05) is 32.3 Å². The molecule has 0 unspecified atom stereocenters. The third-order valence-corrected chi connectivity index (χ3v) is 7.38. The maximum Gasteiger partial charge on any atom is 0.197 e. The minimum atomic E-state index is -0.117. The Morgan fingerprint density at radius 1 is 0.512 bits per heavy atom. The molecule has 0 aliphatic rings. The summed E-state index contributed by atoms with van der Waals surface area (Å²) in [7, 11) is 0. The van der Waals surface area contributed by atoms with Crippen LogP contribution in [0.4, 0.5) is 0 Å². The van der Waals surface area contributed by atoms with Crippen molar-refractivity contribution in [3.05, 3.63) is 177 Å². The van der Waals surface area contributed by atoms with Crippen molar-refractivity contribution in [1.82, 2.24) is 0 Å². The summed E-state index contributed by atoms with van der Waals surface area (Å²) >= 11 is 12.5. The quantitative estimate of drug-likeness (QED) is 0.179. The minimum Gasteiger partial charge on any atom is -0.455 e. The summed E-state index contributed by atoms with van der Waals surface area (Å²) in [6, 6.07) is 44.3. The third kappa shape index (κ3) is 5.67. The molecule has 0 fully saturated rings. The summed E-state index contributed by atoms with van der Waals surface area (Å²) in [6.07, 6.45) is 2.04. The number of furan rings is 1. The zero-order valence-electron chi connectivity index (χ0n) is 21.9. The summed E-state index contributed by atoms with van der Waals surface area (Å²) in [5, 5.41) is 1.28. The van der Waals surface area contributed by atoms with Gasteiger partial charge in [-0.15, -0.1) is 0 Å². The summed E-state index contributed by atoms with van der Waals surface area (Å²) in [5.41, 5.74) is 6.26. The molecule has 6 aromatic rings. The molecule has 6 rings (SSSR count). The standard InChI is InChI=1S/C37H24Cl2O2/c38-30-20-16-25(17-21-30)32(26-18-22-31(39)23-19-26)24-33-34(35(40)27-10-4-1-5-11-27)37(29-14-8-3-9-15-29)41-36(33)28-12-6-2-7-13-28/h1-24H. The van der Waals surface area contributed by atoms with Crippen molar-refractivity contribution in [2.75, 3.05) is 0 Å². The highest BCUT2D eigenvalue weighted by atomic mass is 35.5. The van der Waals surface area contributed by atoms with E-state index >= 15 is 0 Å². The van der Waals surface area contributed by atoms with E-state index in [1.54, 1.807) is 0 Å². The van der Waals surface area contributed by atoms with Crippen molar-refractivity contribution in [1.29, 1.82) is 0 Å². The number of halogens is 2. The molecule has 0 N–H and O–H groups in total. The van der Waals surface area contributed by atoms with Crippen LogP contribution in [0.3, 0.4) is 0 Å². The van der Waals surface area contributed by atoms with Gasteiger partial charge in [-0.2, -0.15) is 0 Å². The lowest BCUT2D eigenvalue weighted by Crippen LogP contribution is -2.04. The molecule has 1 aromatic heterocycles. The van der Waals surface area contributed by atoms with Crippen molar-refractivity contribution in [3.8, 4) is 22.6 Å². The molecular weight excluding hydrogens is 547 g/mol. The summed E-state index contributed by atoms with van der Waals surface area (Å²) in [6.45, 7) is 0. The molecular formula is C37H24Cl2O2. The summed E-state index contributed by atoms with van der Waals surface area (Å²) in [5.74, 6) is 1.02. The van der Waals surface area contributed by atoms with Gasteiger partial charge in [-0.1, -0.05) is 138 Å². The fourth-order valence-electron chi connectivity index (χ4n) is 4.87. The fraction of sp³-hybridized carbons (Fsp3) is 0. The molecule has 0 bridgehead atoms. The van der Waals surface area contributed by atoms with E-state index in [1.165, 1.54) is 0 Å². The van der Waals surface area contributed by atoms with Crippen LogP contribution >= 0.6 is 23.2 Å². The van der Waals surface area contributed by atoms with E-state index in [0.29, 0.717) is 38.3 Å². The predicted molar refractivity (Wildman–Crippen MR) is 169 cm³/mol. The average Bonchev–Trinajstić information content (AvgIpc) is 3.41. The smallest absolute Gasteiger partial charge is 0.197 e. The molecule has 0 radical (unpaired) electrons. The fourth-order valence-corrected chi connectivity index (χ4v) is 5.13. The summed E-state index contributed by atoms with van der Waals surface area (Å²) in [4.78, 5) is 14.3. The predicted octanol–water partition coefficient (Wildman–Crippen LogP) is 10.7. The van der Waals surface area contributed by atoms with Crippen LogP contribution in [-0.2, 0) is 0 Å². The van der Waals surface area contributed by atoms with Crippen LogP contribution in [-0.4, -0.2) is 5.78 Å². The highest BCUT2D eigenvalue weighted by Gasteiger charge is 2.27. The van der Waals surface area contributed by atoms with Crippen molar-refractivity contribution in [2.24, 2.45) is 0 Å². The van der Waals surface area contributed by atoms with Gasteiger partial charge in [0.1, 0.15) is 11.5 Å². The van der Waals surface area contributed by atoms with E-state index in [-0.39, 0.29) is 5.78 Å². The Bertz CT molecular complexity index is 1770. The zero-order chi connectivity index (χ0) is 28.2. The monoisotopic (exact) mass is 570 g/mol. The first kappa shape index (κ1) is 26.6. The van der Waals surface area contributed by atoms with E-state index in [9.17, 15) is 4.79 Å². The minimum absolute atomic E-state index is 0.117. The van der Waals surface area contributed by atoms with Gasteiger partial charge in [-0.3, -0.25) is 4.79 Å². The first-order valence-corrected chi connectivity index (χ1v) is 13.9. The molecule has 2 nitrogen and oxygen atoms in total. The van der Waals surface area contributed by atoms with Crippen LogP contribution in [0.2, 0.25) is 10.0 Å². The van der Waals surface area contributed by atoms with E-state index < -0.39 is 0 Å². The van der Waals surface area contributed by atoms with Crippen LogP contribution in [0.25, 0.3) is 34.3 Å². The number of carbonyl (C=O) groups is 1. The van der Waals surface area contributed by atoms with Gasteiger partial charge >= 0.3 is 0 Å². The Hall–Kier alpha value is -4.63. The van der Waals surface area contributed by atoms with Crippen LogP contribution in [0, 0.1) is 0 Å². The number of benzene rings is 5. The highest BCUT2D eigenvalue weighted by molar-refractivity contribution is 6.31. The number of hydrogen-bond donors (Lipinski definition) is 0. The van der Waals surface area contributed by atoms with Crippen LogP contribution in [0.5, 0.6) is 0 Å². The van der Waals surface area contributed by atoms with E-state index in [1.807, 2.05) is 146 Å². The Balaban J connectivity index is 1.70. The molecule has 0 amide bonds. The molecule has 198 valence electrons. The molecule has 5 aromatic carbocycles. The maximum atomic E-state index is 14.3. The van der Waals surface area contributed by atoms with Gasteiger partial charge in [-0.25, -0.2) is 0 Å². The average molecular weight is 572 g/mol. The third-order valence-electron chi connectivity index (χ3n) is 6.88. The lowest BCUT2D eigenvalue weighted by molar-refractivity contribution is 0.103. The molecule has 1 heterocycles. The molecule has 41 heavy (non-hydrogen) atoms. The number of ketones is 1. The lowest BCUT2D eigenvalue weighted by Gasteiger charge is -2.11. The Morgan fingerprint density at radius 2 is 0.951 bits per heavy atom. The normalized spacial score (nSPS) is 10.8. The first-order chi connectivity index (χ1) is 20.1. The number of rotatable bonds is 7. The van der Waals surface area contributed by atoms with Gasteiger partial charge in [0.2, 0.25) is 0 Å². The molecule has 0 aliphatic heterocycles. The second kappa shape index (κ2) is 11.9. The largest absolute Gasteiger partial charge is 0.455 e. The van der Waals surface area contributed by atoms with Crippen molar-refractivity contribution < 1.29 is 9.21 Å². The van der Waals surface area contributed by atoms with Gasteiger partial charge in [0.15, 0.2) is 5.78 Å².